The van der Waals surface area contributed by atoms with Gasteiger partial charge in [-0.1, -0.05) is 20.3 Å². The van der Waals surface area contributed by atoms with Gasteiger partial charge in [-0.3, -0.25) is 0 Å². The van der Waals surface area contributed by atoms with Crippen LogP contribution in [0.2, 0.25) is 0 Å². The molecule has 8 heavy (non-hydrogen) atoms. The third-order valence-corrected chi connectivity index (χ3v) is 1.09. The molecule has 0 bridgehead atoms. The molecule has 0 saturated carbocycles. The van der Waals surface area contributed by atoms with Crippen LogP contribution < -0.4 is 0 Å². The van der Waals surface area contributed by atoms with E-state index >= 15 is 0 Å². The number of hydrogen-bond acceptors (Lipinski definition) is 1. The van der Waals surface area contributed by atoms with Crippen LogP contribution in [0.25, 0.3) is 0 Å². The molecule has 1 nitrogen and oxygen atoms in total. The topological polar surface area (TPSA) is 20.2 Å². The Bertz CT molecular complexity index is 39.5. The van der Waals surface area contributed by atoms with E-state index in [1.807, 2.05) is 0 Å². The summed E-state index contributed by atoms with van der Waals surface area (Å²) in [5.41, 5.74) is 0. The van der Waals surface area contributed by atoms with Crippen molar-refractivity contribution in [2.24, 2.45) is 5.92 Å². The Morgan fingerprint density at radius 3 is 2.12 bits per heavy atom. The molecule has 0 rings (SSSR count). The first kappa shape index (κ1) is 12.2. The molecule has 0 radical (unpaired) electrons. The summed E-state index contributed by atoms with van der Waals surface area (Å²) in [6, 6.07) is 0. The minimum atomic E-state index is 0. The molecular formula is C6H16BaO. The molecule has 0 fully saturated rings. The Kier molecular flexibility index (Phi) is 13.0. The Morgan fingerprint density at radius 2 is 2.00 bits per heavy atom. The summed E-state index contributed by atoms with van der Waals surface area (Å²) in [5, 5.41) is 8.47. The fraction of sp³-hybridized carbons (Fsp3) is 1.00. The van der Waals surface area contributed by atoms with E-state index in [4.69, 9.17) is 5.11 Å². The van der Waals surface area contributed by atoms with E-state index in [1.54, 1.807) is 0 Å². The average molecular weight is 242 g/mol. The summed E-state index contributed by atoms with van der Waals surface area (Å²) in [4.78, 5) is 0. The monoisotopic (exact) mass is 242 g/mol. The van der Waals surface area contributed by atoms with Gasteiger partial charge in [0.1, 0.15) is 0 Å². The quantitative estimate of drug-likeness (QED) is 0.714. The average Bonchev–Trinajstić information content (AvgIpc) is 1.68. The van der Waals surface area contributed by atoms with Crippen molar-refractivity contribution < 1.29 is 5.11 Å². The van der Waals surface area contributed by atoms with Crippen molar-refractivity contribution in [2.75, 3.05) is 6.61 Å². The fourth-order valence-electron chi connectivity index (χ4n) is 0.584. The number of aliphatic hydroxyl groups is 1. The number of aliphatic hydroxyl groups excluding tert-OH is 1. The van der Waals surface area contributed by atoms with Crippen LogP contribution in [0, 0.1) is 5.92 Å². The molecule has 1 unspecified atom stereocenters. The number of hydrogen-bond donors (Lipinski definition) is 1. The Labute approximate surface area is 91.9 Å². The van der Waals surface area contributed by atoms with Crippen molar-refractivity contribution in [3.05, 3.63) is 0 Å². The van der Waals surface area contributed by atoms with Gasteiger partial charge < -0.3 is 5.11 Å². The molecular weight excluding hydrogens is 225 g/mol. The second kappa shape index (κ2) is 8.53. The molecule has 48 valence electrons. The molecule has 0 aromatic carbocycles. The zero-order valence-corrected chi connectivity index (χ0v) is 5.15. The van der Waals surface area contributed by atoms with E-state index in [9.17, 15) is 0 Å². The van der Waals surface area contributed by atoms with Crippen LogP contribution >= 0.6 is 0 Å². The zero-order valence-electron chi connectivity index (χ0n) is 5.15. The standard InChI is InChI=1S/C6H14O.Ba.2H/c1-3-4-6(2)5-7;;;/h6-7H,3-5H2,1-2H3;;;. The summed E-state index contributed by atoms with van der Waals surface area (Å²) in [7, 11) is 0. The molecule has 1 atom stereocenters. The van der Waals surface area contributed by atoms with Crippen molar-refractivity contribution in [3.63, 3.8) is 0 Å². The molecule has 2 heteroatoms. The van der Waals surface area contributed by atoms with Gasteiger partial charge in [-0.15, -0.1) is 0 Å². The molecule has 0 heterocycles. The van der Waals surface area contributed by atoms with Gasteiger partial charge >= 0.3 is 48.9 Å². The van der Waals surface area contributed by atoms with Gasteiger partial charge in [0.15, 0.2) is 0 Å². The van der Waals surface area contributed by atoms with Crippen LogP contribution in [0.3, 0.4) is 0 Å². The van der Waals surface area contributed by atoms with Gasteiger partial charge in [0.05, 0.1) is 0 Å². The normalized spacial score (nSPS) is 12.4. The van der Waals surface area contributed by atoms with Crippen LogP contribution in [0.5, 0.6) is 0 Å². The van der Waals surface area contributed by atoms with E-state index in [0.717, 1.165) is 6.42 Å². The molecule has 0 saturated heterocycles. The van der Waals surface area contributed by atoms with E-state index in [0.29, 0.717) is 12.5 Å². The summed E-state index contributed by atoms with van der Waals surface area (Å²) in [6.45, 7) is 4.53. The van der Waals surface area contributed by atoms with Crippen LogP contribution in [-0.2, 0) is 0 Å². The van der Waals surface area contributed by atoms with Gasteiger partial charge in [-0.05, 0) is 12.3 Å². The van der Waals surface area contributed by atoms with Crippen LogP contribution in [0.15, 0.2) is 0 Å². The van der Waals surface area contributed by atoms with E-state index in [-0.39, 0.29) is 48.9 Å². The minimum absolute atomic E-state index is 0. The maximum atomic E-state index is 8.47. The molecule has 0 aliphatic carbocycles. The fourth-order valence-corrected chi connectivity index (χ4v) is 0.584. The molecule has 0 aliphatic rings. The molecule has 0 aromatic heterocycles. The predicted octanol–water partition coefficient (Wildman–Crippen LogP) is 0.499. The Hall–Kier alpha value is 1.53. The second-order valence-corrected chi connectivity index (χ2v) is 2.08. The van der Waals surface area contributed by atoms with E-state index < -0.39 is 0 Å². The first-order valence-electron chi connectivity index (χ1n) is 2.92. The first-order valence-corrected chi connectivity index (χ1v) is 2.92. The predicted molar refractivity (Wildman–Crippen MR) is 39.7 cm³/mol. The summed E-state index contributed by atoms with van der Waals surface area (Å²) >= 11 is 0. The van der Waals surface area contributed by atoms with Crippen molar-refractivity contribution in [1.29, 1.82) is 0 Å². The van der Waals surface area contributed by atoms with Gasteiger partial charge in [-0.25, -0.2) is 0 Å². The van der Waals surface area contributed by atoms with Crippen LogP contribution in [0.1, 0.15) is 26.7 Å². The molecule has 0 spiro atoms. The third kappa shape index (κ3) is 7.53. The second-order valence-electron chi connectivity index (χ2n) is 2.08. The van der Waals surface area contributed by atoms with E-state index in [2.05, 4.69) is 13.8 Å². The van der Waals surface area contributed by atoms with Gasteiger partial charge in [0.2, 0.25) is 0 Å². The first-order chi connectivity index (χ1) is 3.31. The van der Waals surface area contributed by atoms with Gasteiger partial charge in [0.25, 0.3) is 0 Å². The van der Waals surface area contributed by atoms with E-state index in [1.165, 1.54) is 6.42 Å². The Morgan fingerprint density at radius 1 is 1.50 bits per heavy atom. The van der Waals surface area contributed by atoms with Crippen molar-refractivity contribution in [1.82, 2.24) is 0 Å². The molecule has 0 amide bonds. The number of rotatable bonds is 3. The zero-order chi connectivity index (χ0) is 5.70. The molecule has 1 N–H and O–H groups in total. The van der Waals surface area contributed by atoms with Gasteiger partial charge in [0, 0.05) is 6.61 Å². The van der Waals surface area contributed by atoms with Crippen molar-refractivity contribution in [2.45, 2.75) is 26.7 Å². The molecule has 0 aliphatic heterocycles. The SMILES string of the molecule is CCCC(C)CO.[BaH2]. The van der Waals surface area contributed by atoms with Crippen molar-refractivity contribution >= 4 is 48.9 Å². The van der Waals surface area contributed by atoms with Crippen LogP contribution in [-0.4, -0.2) is 60.6 Å². The summed E-state index contributed by atoms with van der Waals surface area (Å²) in [5.74, 6) is 0.505. The van der Waals surface area contributed by atoms with Crippen molar-refractivity contribution in [3.8, 4) is 0 Å². The molecule has 0 aromatic rings. The summed E-state index contributed by atoms with van der Waals surface area (Å²) < 4.78 is 0. The van der Waals surface area contributed by atoms with Gasteiger partial charge in [-0.2, -0.15) is 0 Å². The third-order valence-electron chi connectivity index (χ3n) is 1.09. The van der Waals surface area contributed by atoms with Crippen LogP contribution in [0.4, 0.5) is 0 Å². The Balaban J connectivity index is 0. The summed E-state index contributed by atoms with van der Waals surface area (Å²) in [6.07, 6.45) is 2.33. The maximum absolute atomic E-state index is 8.47.